The summed E-state index contributed by atoms with van der Waals surface area (Å²) >= 11 is 0. The number of aliphatic hydroxyl groups excluding tert-OH is 1. The maximum atomic E-state index is 12.4. The number of ether oxygens (including phenoxy) is 4. The fourth-order valence-corrected chi connectivity index (χ4v) is 4.55. The smallest absolute Gasteiger partial charge is 0.334 e. The van der Waals surface area contributed by atoms with Crippen LogP contribution in [-0.4, -0.2) is 58.8 Å². The van der Waals surface area contributed by atoms with Crippen molar-refractivity contribution in [2.75, 3.05) is 0 Å². The quantitative estimate of drug-likeness (QED) is 0.441. The second-order valence-electron chi connectivity index (χ2n) is 8.51. The van der Waals surface area contributed by atoms with Gasteiger partial charge in [0.2, 0.25) is 0 Å². The van der Waals surface area contributed by atoms with E-state index in [1.165, 1.54) is 0 Å². The molecule has 4 rings (SSSR count). The van der Waals surface area contributed by atoms with Crippen LogP contribution in [0.2, 0.25) is 0 Å². The van der Waals surface area contributed by atoms with Crippen molar-refractivity contribution in [2.45, 2.75) is 82.3 Å². The number of carbonyl (C=O) groups excluding carboxylic acids is 2. The first-order valence-corrected chi connectivity index (χ1v) is 9.37. The molecular weight excluding hydrogens is 352 g/mol. The summed E-state index contributed by atoms with van der Waals surface area (Å²) in [6, 6.07) is 0. The molecule has 4 fully saturated rings. The Balaban J connectivity index is 1.69. The summed E-state index contributed by atoms with van der Waals surface area (Å²) in [5.41, 5.74) is -0.477. The molecule has 4 aliphatic rings. The Hall–Kier alpha value is -1.70. The molecule has 0 aromatic rings. The number of aliphatic hydroxyl groups is 1. The molecule has 8 atom stereocenters. The molecule has 0 aromatic heterocycles. The van der Waals surface area contributed by atoms with E-state index in [0.29, 0.717) is 18.4 Å². The van der Waals surface area contributed by atoms with Gasteiger partial charge in [0, 0.05) is 24.0 Å². The van der Waals surface area contributed by atoms with Crippen LogP contribution in [0, 0.1) is 5.92 Å². The minimum atomic E-state index is -0.699. The first kappa shape index (κ1) is 18.7. The second kappa shape index (κ2) is 5.90. The van der Waals surface area contributed by atoms with Crippen molar-refractivity contribution in [3.8, 4) is 0 Å². The Morgan fingerprint density at radius 1 is 1.26 bits per heavy atom. The summed E-state index contributed by atoms with van der Waals surface area (Å²) in [5, 5.41) is 10.6. The van der Waals surface area contributed by atoms with Crippen molar-refractivity contribution in [3.63, 3.8) is 0 Å². The van der Waals surface area contributed by atoms with Crippen molar-refractivity contribution in [1.82, 2.24) is 0 Å². The number of epoxide rings is 2. The van der Waals surface area contributed by atoms with Crippen molar-refractivity contribution in [1.29, 1.82) is 0 Å². The maximum absolute atomic E-state index is 12.4. The minimum Gasteiger partial charge on any atom is -0.458 e. The Morgan fingerprint density at radius 3 is 2.56 bits per heavy atom. The zero-order valence-corrected chi connectivity index (χ0v) is 16.1. The number of allylic oxidation sites excluding steroid dienone is 1. The largest absolute Gasteiger partial charge is 0.458 e. The fourth-order valence-electron chi connectivity index (χ4n) is 4.55. The lowest BCUT2D eigenvalue weighted by atomic mass is 9.79. The van der Waals surface area contributed by atoms with E-state index in [1.807, 2.05) is 13.8 Å². The van der Waals surface area contributed by atoms with Gasteiger partial charge < -0.3 is 24.1 Å². The SMILES string of the molecule is C=C1C(=O)O[C@H]2[C@H]1[C@@H](OC(=O)/C(C)=C\C)C[C@@]1(C)O[C@@H]1[C@@H](O)C[C@@]1(C)O[C@@H]21. The van der Waals surface area contributed by atoms with Gasteiger partial charge in [0.25, 0.3) is 0 Å². The Labute approximate surface area is 158 Å². The monoisotopic (exact) mass is 378 g/mol. The Kier molecular flexibility index (Phi) is 4.07. The molecule has 0 bridgehead atoms. The van der Waals surface area contributed by atoms with Crippen LogP contribution in [0.3, 0.4) is 0 Å². The average molecular weight is 378 g/mol. The summed E-state index contributed by atoms with van der Waals surface area (Å²) in [6.45, 7) is 11.1. The van der Waals surface area contributed by atoms with Gasteiger partial charge >= 0.3 is 11.9 Å². The van der Waals surface area contributed by atoms with E-state index in [0.717, 1.165) is 0 Å². The van der Waals surface area contributed by atoms with Gasteiger partial charge in [0.15, 0.2) is 0 Å². The van der Waals surface area contributed by atoms with Crippen LogP contribution in [0.4, 0.5) is 0 Å². The highest BCUT2D eigenvalue weighted by Crippen LogP contribution is 2.55. The van der Waals surface area contributed by atoms with Gasteiger partial charge in [0.05, 0.1) is 23.2 Å². The van der Waals surface area contributed by atoms with Crippen molar-refractivity contribution >= 4 is 11.9 Å². The number of rotatable bonds is 2. The number of esters is 2. The minimum absolute atomic E-state index is 0.288. The van der Waals surface area contributed by atoms with Crippen LogP contribution in [0.1, 0.15) is 40.5 Å². The van der Waals surface area contributed by atoms with E-state index in [2.05, 4.69) is 6.58 Å². The molecule has 3 saturated heterocycles. The standard InChI is InChI=1S/C20H26O7/c1-6-9(2)17(22)24-12-8-20(5)15(26-20)11(21)7-19(4)16(27-19)14-13(12)10(3)18(23)25-14/h6,11-16,21H,3,7-8H2,1-2,4-5H3/b9-6-/t11-,12-,13+,14-,15+,16-,19+,20+/m0/s1. The molecule has 0 radical (unpaired) electrons. The summed E-state index contributed by atoms with van der Waals surface area (Å²) < 4.78 is 23.0. The summed E-state index contributed by atoms with van der Waals surface area (Å²) in [4.78, 5) is 24.7. The van der Waals surface area contributed by atoms with Crippen LogP contribution >= 0.6 is 0 Å². The van der Waals surface area contributed by atoms with Crippen molar-refractivity contribution in [3.05, 3.63) is 23.8 Å². The number of hydrogen-bond donors (Lipinski definition) is 1. The third-order valence-corrected chi connectivity index (χ3v) is 6.43. The van der Waals surface area contributed by atoms with E-state index in [-0.39, 0.29) is 17.8 Å². The van der Waals surface area contributed by atoms with Gasteiger partial charge in [-0.1, -0.05) is 12.7 Å². The van der Waals surface area contributed by atoms with Gasteiger partial charge in [-0.15, -0.1) is 0 Å². The summed E-state index contributed by atoms with van der Waals surface area (Å²) in [5.74, 6) is -1.45. The average Bonchev–Trinajstić information content (AvgIpc) is 3.43. The van der Waals surface area contributed by atoms with E-state index >= 15 is 0 Å². The maximum Gasteiger partial charge on any atom is 0.334 e. The lowest BCUT2D eigenvalue weighted by Crippen LogP contribution is -2.43. The van der Waals surface area contributed by atoms with E-state index in [9.17, 15) is 14.7 Å². The molecule has 1 saturated carbocycles. The number of carbonyl (C=O) groups is 2. The van der Waals surface area contributed by atoms with Crippen LogP contribution in [0.25, 0.3) is 0 Å². The van der Waals surface area contributed by atoms with Gasteiger partial charge in [-0.05, 0) is 27.7 Å². The molecule has 0 amide bonds. The van der Waals surface area contributed by atoms with E-state index in [4.69, 9.17) is 18.9 Å². The van der Waals surface area contributed by atoms with E-state index in [1.54, 1.807) is 19.9 Å². The van der Waals surface area contributed by atoms with Crippen molar-refractivity contribution in [2.24, 2.45) is 5.92 Å². The fraction of sp³-hybridized carbons (Fsp3) is 0.700. The molecule has 3 aliphatic heterocycles. The lowest BCUT2D eigenvalue weighted by molar-refractivity contribution is -0.149. The molecule has 148 valence electrons. The predicted octanol–water partition coefficient (Wildman–Crippen LogP) is 1.43. The molecule has 0 aromatic carbocycles. The molecule has 3 heterocycles. The van der Waals surface area contributed by atoms with Crippen molar-refractivity contribution < 1.29 is 33.6 Å². The number of hydrogen-bond acceptors (Lipinski definition) is 7. The van der Waals surface area contributed by atoms with Crippen LogP contribution < -0.4 is 0 Å². The molecule has 0 unspecified atom stereocenters. The highest BCUT2D eigenvalue weighted by molar-refractivity contribution is 5.91. The zero-order valence-electron chi connectivity index (χ0n) is 16.1. The van der Waals surface area contributed by atoms with Crippen LogP contribution in [-0.2, 0) is 28.5 Å². The third kappa shape index (κ3) is 2.92. The summed E-state index contributed by atoms with van der Waals surface area (Å²) in [6.07, 6.45) is -0.261. The zero-order chi connectivity index (χ0) is 19.7. The molecule has 0 spiro atoms. The second-order valence-corrected chi connectivity index (χ2v) is 8.51. The van der Waals surface area contributed by atoms with Gasteiger partial charge in [-0.25, -0.2) is 9.59 Å². The first-order valence-electron chi connectivity index (χ1n) is 9.37. The number of fused-ring (bicyclic) bond motifs is 4. The molecule has 1 N–H and O–H groups in total. The normalized spacial score (nSPS) is 48.7. The topological polar surface area (TPSA) is 97.9 Å². The van der Waals surface area contributed by atoms with Gasteiger partial charge in [-0.2, -0.15) is 0 Å². The Morgan fingerprint density at radius 2 is 1.89 bits per heavy atom. The highest BCUT2D eigenvalue weighted by Gasteiger charge is 2.69. The predicted molar refractivity (Wildman–Crippen MR) is 93.6 cm³/mol. The van der Waals surface area contributed by atoms with Crippen LogP contribution in [0.5, 0.6) is 0 Å². The highest BCUT2D eigenvalue weighted by atomic mass is 16.7. The molecule has 1 aliphatic carbocycles. The lowest BCUT2D eigenvalue weighted by Gasteiger charge is -2.29. The Bertz CT molecular complexity index is 743. The van der Waals surface area contributed by atoms with Gasteiger partial charge in [-0.3, -0.25) is 0 Å². The molecular formula is C20H26O7. The molecule has 7 nitrogen and oxygen atoms in total. The summed E-state index contributed by atoms with van der Waals surface area (Å²) in [7, 11) is 0. The van der Waals surface area contributed by atoms with Gasteiger partial charge in [0.1, 0.15) is 24.4 Å². The molecule has 7 heteroatoms. The van der Waals surface area contributed by atoms with E-state index < -0.39 is 47.4 Å². The first-order chi connectivity index (χ1) is 12.6. The molecule has 27 heavy (non-hydrogen) atoms. The third-order valence-electron chi connectivity index (χ3n) is 6.43. The van der Waals surface area contributed by atoms with Crippen LogP contribution in [0.15, 0.2) is 23.8 Å².